The first kappa shape index (κ1) is 106. The summed E-state index contributed by atoms with van der Waals surface area (Å²) < 4.78 is 62.0. The summed E-state index contributed by atoms with van der Waals surface area (Å²) >= 11 is 0. The van der Waals surface area contributed by atoms with Gasteiger partial charge in [-0.1, -0.05) is 58.2 Å². The second kappa shape index (κ2) is 48.3. The summed E-state index contributed by atoms with van der Waals surface area (Å²) in [6.45, 7) is 52.4. The third-order valence-corrected chi connectivity index (χ3v) is 27.1. The first-order valence-corrected chi connectivity index (χ1v) is 45.9. The van der Waals surface area contributed by atoms with Crippen molar-refractivity contribution in [3.8, 4) is 28.7 Å². The molecule has 2 saturated heterocycles. The van der Waals surface area contributed by atoms with E-state index in [4.69, 9.17) is 52.1 Å². The molecular weight excluding hydrogens is 1710 g/mol. The Labute approximate surface area is 788 Å². The van der Waals surface area contributed by atoms with E-state index in [1.807, 2.05) is 150 Å². The maximum Gasteiger partial charge on any atom is 0.342 e. The van der Waals surface area contributed by atoms with Crippen LogP contribution in [0.3, 0.4) is 0 Å². The summed E-state index contributed by atoms with van der Waals surface area (Å²) in [6, 6.07) is 0. The summed E-state index contributed by atoms with van der Waals surface area (Å²) in [7, 11) is 2.96. The van der Waals surface area contributed by atoms with Gasteiger partial charge in [0.25, 0.3) is 0 Å². The minimum absolute atomic E-state index is 0.0163. The molecule has 0 aliphatic carbocycles. The number of hydrogen-bond acceptors (Lipinski definition) is 27. The largest absolute Gasteiger partial charge is 0.507 e. The summed E-state index contributed by atoms with van der Waals surface area (Å²) in [5, 5.41) is 40.8. The van der Waals surface area contributed by atoms with E-state index in [1.165, 1.54) is 29.4 Å². The zero-order valence-electron chi connectivity index (χ0n) is 82.6. The molecule has 8 aliphatic heterocycles. The standard InChI is InChI=1S/C24H33NO6.C24H33NO5.C18H22O5.2C15H18O3.C11H12O3/c1-16(6-8-21(26)30-14-11-25-9-12-29-13-10-25)5-7-19-17(2)18(3)20-15-31-24(27)22(20)23(19)28-4;1-16(6-8-22(26)29-14-11-25-9-12-28-13-10-25)5-7-20-17(2)18(3)21-15-30-24(27)23(21)19(20)4;1-10(6-8-15(19)22-4)5-7-13-11(2)12(3)14-9-23-18(21)16(14)17(13)20;2*1-8(2)5-6-11-9(3)10(4)12-7-18-15(17)13(12)14(11)16;1-5-6(2)8-4-14-11(13)9(8)10(12)7(5)3/h5H,6-15H2,1-4H3;5H,6-15H2,1-4H3;5,20H,6-9H2,1-4H3;2*5,16H,6-7H2,1-4H3;12H,4H2,1-3H3/b2*16-5+;10-5+;;;. The lowest BCUT2D eigenvalue weighted by Gasteiger charge is -2.26. The van der Waals surface area contributed by atoms with Gasteiger partial charge in [0.05, 0.1) is 46.2 Å². The van der Waals surface area contributed by atoms with Crippen molar-refractivity contribution >= 4 is 53.7 Å². The molecule has 8 aliphatic rings. The molecule has 134 heavy (non-hydrogen) atoms. The minimum Gasteiger partial charge on any atom is -0.507 e. The molecule has 6 aromatic carbocycles. The van der Waals surface area contributed by atoms with Gasteiger partial charge in [0, 0.05) is 114 Å². The molecule has 0 aromatic heterocycles. The van der Waals surface area contributed by atoms with E-state index < -0.39 is 23.9 Å². The highest BCUT2D eigenvalue weighted by Gasteiger charge is 2.37. The highest BCUT2D eigenvalue weighted by atomic mass is 16.6. The van der Waals surface area contributed by atoms with Crippen molar-refractivity contribution < 1.29 is 120 Å². The fourth-order valence-corrected chi connectivity index (χ4v) is 17.3. The van der Waals surface area contributed by atoms with Crippen LogP contribution in [0.4, 0.5) is 0 Å². The normalized spacial score (nSPS) is 15.1. The molecule has 27 nitrogen and oxygen atoms in total. The van der Waals surface area contributed by atoms with E-state index in [-0.39, 0.29) is 79.3 Å². The number of phenolic OH excluding ortho intramolecular Hbond substituents is 4. The number of fused-ring (bicyclic) bond motifs is 6. The van der Waals surface area contributed by atoms with Crippen molar-refractivity contribution in [2.45, 2.75) is 256 Å². The van der Waals surface area contributed by atoms with E-state index in [9.17, 15) is 63.6 Å². The summed E-state index contributed by atoms with van der Waals surface area (Å²) in [5.41, 5.74) is 32.6. The van der Waals surface area contributed by atoms with Crippen molar-refractivity contribution in [3.05, 3.63) is 231 Å². The van der Waals surface area contributed by atoms with Crippen LogP contribution in [-0.2, 0) is 138 Å². The molecule has 0 saturated carbocycles. The maximum atomic E-state index is 12.2. The summed E-state index contributed by atoms with van der Waals surface area (Å²) in [4.78, 5) is 110. The molecule has 0 unspecified atom stereocenters. The molecule has 0 radical (unpaired) electrons. The number of ether oxygens (including phenoxy) is 12. The number of esters is 9. The van der Waals surface area contributed by atoms with Crippen molar-refractivity contribution in [2.75, 3.05) is 93.1 Å². The lowest BCUT2D eigenvalue weighted by molar-refractivity contribution is -0.145. The lowest BCUT2D eigenvalue weighted by Crippen LogP contribution is -2.38. The average molecular weight is 1850 g/mol. The van der Waals surface area contributed by atoms with E-state index in [2.05, 4.69) is 40.5 Å². The number of phenols is 4. The van der Waals surface area contributed by atoms with Gasteiger partial charge in [0.1, 0.15) is 109 Å². The SMILES string of the molecule is C/C(=C\Cc1c(C)c(C)c2c(c1C)C(=O)OC2)CCC(=O)OCCN1CCOCC1.CC(C)=CCc1c(C)c(C)c2c(c1O)C(=O)OC2.CC(C)=CCc1c(C)c(C)c2c(c1O)C(=O)OC2.COC(=O)CC/C(C)=C/Cc1c(C)c(C)c2c(c1O)C(=O)OC2.COc1c(C/C=C(\C)CCC(=O)OCCN2CCOCC2)c(C)c(C)c2c1C(=O)OC2.Cc1c(C)c(O)c2c(c1C)COC2=O. The van der Waals surface area contributed by atoms with Crippen molar-refractivity contribution in [3.63, 3.8) is 0 Å². The predicted octanol–water partition coefficient (Wildman–Crippen LogP) is 18.0. The Morgan fingerprint density at radius 2 is 0.575 bits per heavy atom. The number of cyclic esters (lactones) is 6. The Bertz CT molecular complexity index is 5570. The van der Waals surface area contributed by atoms with Crippen molar-refractivity contribution in [1.29, 1.82) is 0 Å². The van der Waals surface area contributed by atoms with Gasteiger partial charge >= 0.3 is 53.7 Å². The van der Waals surface area contributed by atoms with Crippen LogP contribution < -0.4 is 4.74 Å². The number of rotatable bonds is 26. The first-order valence-electron chi connectivity index (χ1n) is 45.9. The molecular formula is C107H136N2O25. The quantitative estimate of drug-likeness (QED) is 0.0223. The van der Waals surface area contributed by atoms with E-state index in [1.54, 1.807) is 7.11 Å². The maximum absolute atomic E-state index is 12.2. The van der Waals surface area contributed by atoms with Gasteiger partial charge in [-0.05, 0) is 280 Å². The number of hydrogen-bond donors (Lipinski definition) is 4. The highest BCUT2D eigenvalue weighted by molar-refractivity contribution is 6.01. The predicted molar refractivity (Wildman–Crippen MR) is 508 cm³/mol. The molecule has 0 amide bonds. The molecule has 4 N–H and O–H groups in total. The fraction of sp³-hybridized carbons (Fsp3) is 0.486. The number of allylic oxidation sites excluding steroid dienone is 10. The summed E-state index contributed by atoms with van der Waals surface area (Å²) in [5.74, 6) is -1.94. The number of aromatic hydroxyl groups is 4. The second-order valence-corrected chi connectivity index (χ2v) is 35.8. The Morgan fingerprint density at radius 3 is 0.910 bits per heavy atom. The van der Waals surface area contributed by atoms with Crippen LogP contribution in [0.2, 0.25) is 0 Å². The average Bonchev–Trinajstić information content (AvgIpc) is 1.78. The van der Waals surface area contributed by atoms with Crippen LogP contribution in [-0.4, -0.2) is 177 Å². The molecule has 0 spiro atoms. The third kappa shape index (κ3) is 25.6. The van der Waals surface area contributed by atoms with E-state index in [0.717, 1.165) is 222 Å². The molecule has 8 heterocycles. The minimum atomic E-state index is -0.465. The third-order valence-electron chi connectivity index (χ3n) is 27.1. The fourth-order valence-electron chi connectivity index (χ4n) is 17.3. The highest BCUT2D eigenvalue weighted by Crippen LogP contribution is 2.44. The van der Waals surface area contributed by atoms with Gasteiger partial charge in [-0.2, -0.15) is 0 Å². The Hall–Kier alpha value is -11.9. The van der Waals surface area contributed by atoms with Gasteiger partial charge in [-0.3, -0.25) is 24.2 Å². The Morgan fingerprint density at radius 1 is 0.306 bits per heavy atom. The zero-order chi connectivity index (χ0) is 98.5. The van der Waals surface area contributed by atoms with Crippen molar-refractivity contribution in [1.82, 2.24) is 9.80 Å². The molecule has 27 heteroatoms. The molecule has 6 aromatic rings. The number of carbonyl (C=O) groups excluding carboxylic acids is 9. The summed E-state index contributed by atoms with van der Waals surface area (Å²) in [6.07, 6.45) is 16.5. The van der Waals surface area contributed by atoms with E-state index >= 15 is 0 Å². The van der Waals surface area contributed by atoms with E-state index in [0.29, 0.717) is 124 Å². The van der Waals surface area contributed by atoms with Crippen LogP contribution in [0.25, 0.3) is 0 Å². The van der Waals surface area contributed by atoms with Crippen LogP contribution in [0.15, 0.2) is 58.2 Å². The number of methoxy groups -OCH3 is 2. The van der Waals surface area contributed by atoms with Crippen LogP contribution >= 0.6 is 0 Å². The number of carbonyl (C=O) groups is 9. The monoisotopic (exact) mass is 1850 g/mol. The number of benzene rings is 6. The number of nitrogens with zero attached hydrogens (tertiary/aromatic N) is 2. The molecule has 14 rings (SSSR count). The first-order chi connectivity index (χ1) is 63.6. The van der Waals surface area contributed by atoms with Crippen LogP contribution in [0, 0.1) is 96.9 Å². The van der Waals surface area contributed by atoms with Gasteiger partial charge in [-0.25, -0.2) is 28.8 Å². The Balaban J connectivity index is 0.000000184. The second-order valence-electron chi connectivity index (χ2n) is 35.8. The molecule has 724 valence electrons. The molecule has 0 bridgehead atoms. The smallest absolute Gasteiger partial charge is 0.342 e. The zero-order valence-corrected chi connectivity index (χ0v) is 82.6. The topological polar surface area (TPSA) is 352 Å². The molecule has 2 fully saturated rings. The van der Waals surface area contributed by atoms with Gasteiger partial charge < -0.3 is 77.3 Å². The lowest BCUT2D eigenvalue weighted by atomic mass is 9.87. The van der Waals surface area contributed by atoms with Gasteiger partial charge in [0.2, 0.25) is 0 Å². The van der Waals surface area contributed by atoms with Gasteiger partial charge in [-0.15, -0.1) is 0 Å². The Kier molecular flexibility index (Phi) is 38.2. The van der Waals surface area contributed by atoms with Gasteiger partial charge in [0.15, 0.2) is 0 Å². The molecule has 0 atom stereocenters. The number of morpholine rings is 2. The van der Waals surface area contributed by atoms with Crippen molar-refractivity contribution in [2.24, 2.45) is 0 Å². The van der Waals surface area contributed by atoms with Crippen LogP contribution in [0.5, 0.6) is 28.7 Å². The van der Waals surface area contributed by atoms with Crippen LogP contribution in [0.1, 0.15) is 288 Å².